The molecule has 0 aliphatic carbocycles. The molecule has 0 aliphatic heterocycles. The molecular weight excluding hydrogens is 238 g/mol. The molecule has 5 nitrogen and oxygen atoms in total. The summed E-state index contributed by atoms with van der Waals surface area (Å²) in [6.07, 6.45) is 4.64. The molecule has 0 amide bonds. The Balaban J connectivity index is 2.01. The first-order valence-corrected chi connectivity index (χ1v) is 7.04. The molecule has 1 rings (SSSR count). The summed E-state index contributed by atoms with van der Waals surface area (Å²) in [7, 11) is 0. The van der Waals surface area contributed by atoms with Crippen LogP contribution in [-0.2, 0) is 13.1 Å². The van der Waals surface area contributed by atoms with E-state index in [4.69, 9.17) is 10.2 Å². The molecule has 1 aromatic rings. The van der Waals surface area contributed by atoms with E-state index in [9.17, 15) is 0 Å². The summed E-state index contributed by atoms with van der Waals surface area (Å²) in [4.78, 5) is 0. The second-order valence-corrected chi connectivity index (χ2v) is 4.93. The van der Waals surface area contributed by atoms with Gasteiger partial charge in [-0.2, -0.15) is 16.9 Å². The van der Waals surface area contributed by atoms with Gasteiger partial charge in [0.05, 0.1) is 19.3 Å². The van der Waals surface area contributed by atoms with Crippen LogP contribution in [0.15, 0.2) is 12.4 Å². The van der Waals surface area contributed by atoms with Crippen molar-refractivity contribution in [3.8, 4) is 0 Å². The minimum Gasteiger partial charge on any atom is -0.396 e. The number of thioether (sulfide) groups is 1. The second-order valence-electron chi connectivity index (χ2n) is 3.70. The zero-order chi connectivity index (χ0) is 12.3. The topological polar surface area (TPSA) is 70.3 Å². The van der Waals surface area contributed by atoms with Crippen LogP contribution in [0.2, 0.25) is 0 Å². The second kappa shape index (κ2) is 9.47. The molecule has 0 saturated carbocycles. The lowest BCUT2D eigenvalue weighted by atomic mass is 10.3. The van der Waals surface area contributed by atoms with Crippen molar-refractivity contribution in [2.45, 2.75) is 19.5 Å². The van der Waals surface area contributed by atoms with Crippen LogP contribution in [0.25, 0.3) is 0 Å². The molecule has 1 aromatic heterocycles. The molecule has 0 radical (unpaired) electrons. The first-order valence-electron chi connectivity index (χ1n) is 5.88. The maximum Gasteiger partial charge on any atom is 0.0640 e. The summed E-state index contributed by atoms with van der Waals surface area (Å²) in [5.74, 6) is 2.08. The molecule has 0 fully saturated rings. The zero-order valence-electron chi connectivity index (χ0n) is 10.0. The normalized spacial score (nSPS) is 10.9. The summed E-state index contributed by atoms with van der Waals surface area (Å²) >= 11 is 1.85. The summed E-state index contributed by atoms with van der Waals surface area (Å²) in [5, 5.41) is 24.8. The van der Waals surface area contributed by atoms with E-state index in [1.807, 2.05) is 24.2 Å². The van der Waals surface area contributed by atoms with Crippen LogP contribution in [0.4, 0.5) is 0 Å². The van der Waals surface area contributed by atoms with E-state index < -0.39 is 0 Å². The third-order valence-corrected chi connectivity index (χ3v) is 3.29. The number of nitrogens with one attached hydrogen (secondary N) is 1. The molecule has 0 unspecified atom stereocenters. The monoisotopic (exact) mass is 259 g/mol. The van der Waals surface area contributed by atoms with Gasteiger partial charge < -0.3 is 15.5 Å². The van der Waals surface area contributed by atoms with Gasteiger partial charge in [0.25, 0.3) is 0 Å². The molecule has 0 bridgehead atoms. The Bertz CT molecular complexity index is 294. The largest absolute Gasteiger partial charge is 0.396 e. The lowest BCUT2D eigenvalue weighted by Gasteiger charge is -2.02. The highest BCUT2D eigenvalue weighted by molar-refractivity contribution is 7.99. The SMILES string of the molecule is OCCCSCCNCc1cnn(CCO)c1. The van der Waals surface area contributed by atoms with E-state index in [1.165, 1.54) is 0 Å². The van der Waals surface area contributed by atoms with Gasteiger partial charge in [-0.3, -0.25) is 4.68 Å². The predicted molar refractivity (Wildman–Crippen MR) is 70.0 cm³/mol. The fourth-order valence-electron chi connectivity index (χ4n) is 1.37. The van der Waals surface area contributed by atoms with E-state index >= 15 is 0 Å². The Morgan fingerprint density at radius 3 is 2.94 bits per heavy atom. The highest BCUT2D eigenvalue weighted by atomic mass is 32.2. The van der Waals surface area contributed by atoms with Crippen molar-refractivity contribution in [2.24, 2.45) is 0 Å². The van der Waals surface area contributed by atoms with Crippen LogP contribution in [0.3, 0.4) is 0 Å². The standard InChI is InChI=1S/C11H21N3O2S/c15-4-1-6-17-7-2-12-8-11-9-13-14(10-11)3-5-16/h9-10,12,15-16H,1-8H2. The molecule has 98 valence electrons. The highest BCUT2D eigenvalue weighted by Crippen LogP contribution is 2.01. The fraction of sp³-hybridized carbons (Fsp3) is 0.727. The van der Waals surface area contributed by atoms with Crippen LogP contribution < -0.4 is 5.32 Å². The van der Waals surface area contributed by atoms with E-state index in [0.29, 0.717) is 6.54 Å². The van der Waals surface area contributed by atoms with E-state index in [1.54, 1.807) is 4.68 Å². The molecule has 3 N–H and O–H groups in total. The van der Waals surface area contributed by atoms with Gasteiger partial charge in [-0.1, -0.05) is 0 Å². The van der Waals surface area contributed by atoms with Crippen molar-refractivity contribution < 1.29 is 10.2 Å². The van der Waals surface area contributed by atoms with Crippen molar-refractivity contribution >= 4 is 11.8 Å². The molecule has 1 heterocycles. The lowest BCUT2D eigenvalue weighted by molar-refractivity contribution is 0.269. The van der Waals surface area contributed by atoms with Crippen LogP contribution in [0.1, 0.15) is 12.0 Å². The number of aliphatic hydroxyl groups excluding tert-OH is 2. The Kier molecular flexibility index (Phi) is 8.08. The van der Waals surface area contributed by atoms with Gasteiger partial charge in [-0.05, 0) is 12.2 Å². The summed E-state index contributed by atoms with van der Waals surface area (Å²) < 4.78 is 1.74. The van der Waals surface area contributed by atoms with Gasteiger partial charge in [0, 0.05) is 37.2 Å². The van der Waals surface area contributed by atoms with Crippen molar-refractivity contribution in [1.29, 1.82) is 0 Å². The van der Waals surface area contributed by atoms with E-state index in [-0.39, 0.29) is 13.2 Å². The van der Waals surface area contributed by atoms with Gasteiger partial charge in [0.2, 0.25) is 0 Å². The zero-order valence-corrected chi connectivity index (χ0v) is 10.8. The average Bonchev–Trinajstić information content (AvgIpc) is 2.76. The minimum absolute atomic E-state index is 0.121. The predicted octanol–water partition coefficient (Wildman–Crippen LogP) is 0.0806. The lowest BCUT2D eigenvalue weighted by Crippen LogP contribution is -2.16. The maximum absolute atomic E-state index is 8.75. The van der Waals surface area contributed by atoms with Crippen LogP contribution in [0.5, 0.6) is 0 Å². The van der Waals surface area contributed by atoms with E-state index in [2.05, 4.69) is 10.4 Å². The van der Waals surface area contributed by atoms with Gasteiger partial charge in [-0.15, -0.1) is 0 Å². The maximum atomic E-state index is 8.75. The van der Waals surface area contributed by atoms with Crippen molar-refractivity contribution in [3.63, 3.8) is 0 Å². The van der Waals surface area contributed by atoms with Gasteiger partial charge in [-0.25, -0.2) is 0 Å². The fourth-order valence-corrected chi connectivity index (χ4v) is 2.19. The van der Waals surface area contributed by atoms with Crippen molar-refractivity contribution in [3.05, 3.63) is 18.0 Å². The Hall–Kier alpha value is -0.560. The molecule has 6 heteroatoms. The molecule has 0 saturated heterocycles. The first-order chi connectivity index (χ1) is 8.36. The van der Waals surface area contributed by atoms with Crippen LogP contribution in [0, 0.1) is 0 Å². The molecule has 0 atom stereocenters. The van der Waals surface area contributed by atoms with Crippen LogP contribution >= 0.6 is 11.8 Å². The number of rotatable bonds is 10. The Morgan fingerprint density at radius 1 is 1.29 bits per heavy atom. The average molecular weight is 259 g/mol. The number of hydrogen-bond donors (Lipinski definition) is 3. The van der Waals surface area contributed by atoms with Crippen molar-refractivity contribution in [1.82, 2.24) is 15.1 Å². The van der Waals surface area contributed by atoms with Gasteiger partial charge in [0.1, 0.15) is 0 Å². The summed E-state index contributed by atoms with van der Waals surface area (Å²) in [5.41, 5.74) is 1.14. The molecule has 17 heavy (non-hydrogen) atoms. The molecule has 0 aromatic carbocycles. The number of hydrogen-bond acceptors (Lipinski definition) is 5. The minimum atomic E-state index is 0.121. The Labute approximate surface area is 106 Å². The molecular formula is C11H21N3O2S. The van der Waals surface area contributed by atoms with Crippen molar-refractivity contribution in [2.75, 3.05) is 31.3 Å². The van der Waals surface area contributed by atoms with E-state index in [0.717, 1.165) is 36.6 Å². The first kappa shape index (κ1) is 14.5. The van der Waals surface area contributed by atoms with Gasteiger partial charge >= 0.3 is 0 Å². The van der Waals surface area contributed by atoms with Gasteiger partial charge in [0.15, 0.2) is 0 Å². The number of aliphatic hydroxyl groups is 2. The van der Waals surface area contributed by atoms with Crippen LogP contribution in [-0.4, -0.2) is 51.3 Å². The number of aromatic nitrogens is 2. The summed E-state index contributed by atoms with van der Waals surface area (Å²) in [6, 6.07) is 0. The number of nitrogens with zero attached hydrogens (tertiary/aromatic N) is 2. The molecule has 0 aliphatic rings. The molecule has 0 spiro atoms. The summed E-state index contributed by atoms with van der Waals surface area (Å²) in [6.45, 7) is 2.73. The third kappa shape index (κ3) is 6.68. The Morgan fingerprint density at radius 2 is 2.18 bits per heavy atom. The smallest absolute Gasteiger partial charge is 0.0640 e. The highest BCUT2D eigenvalue weighted by Gasteiger charge is 1.97. The third-order valence-electron chi connectivity index (χ3n) is 2.21. The quantitative estimate of drug-likeness (QED) is 0.519.